The molecule has 220 valence electrons. The highest BCUT2D eigenvalue weighted by atomic mass is 19.1. The van der Waals surface area contributed by atoms with Gasteiger partial charge in [0.25, 0.3) is 5.91 Å². The van der Waals surface area contributed by atoms with E-state index in [9.17, 15) is 18.4 Å². The molecule has 6 nitrogen and oxygen atoms in total. The lowest BCUT2D eigenvalue weighted by Gasteiger charge is -2.44. The number of ether oxygens (including phenoxy) is 1. The molecule has 2 aliphatic heterocycles. The molecule has 3 atom stereocenters. The first-order valence-electron chi connectivity index (χ1n) is 14.4. The maximum absolute atomic E-state index is 14.1. The molecule has 8 heteroatoms. The SMILES string of the molecule is CC(=O)N1C[C@H]2CC(c3cccc(CC(C)Oc4cc(F)ccc4F)c3)=C(C(=O)N(C)CCc3ccccc3)[C@@H](C1)N2. The minimum atomic E-state index is -0.609. The van der Waals surface area contributed by atoms with Crippen LogP contribution in [0, 0.1) is 11.6 Å². The maximum Gasteiger partial charge on any atom is 0.251 e. The van der Waals surface area contributed by atoms with Crippen molar-refractivity contribution in [1.82, 2.24) is 15.1 Å². The number of piperazine rings is 1. The van der Waals surface area contributed by atoms with Crippen molar-refractivity contribution in [3.63, 3.8) is 0 Å². The summed E-state index contributed by atoms with van der Waals surface area (Å²) in [5.74, 6) is -1.33. The third kappa shape index (κ3) is 6.87. The highest BCUT2D eigenvalue weighted by Gasteiger charge is 2.39. The Morgan fingerprint density at radius 1 is 1.02 bits per heavy atom. The molecule has 2 bridgehead atoms. The van der Waals surface area contributed by atoms with Crippen LogP contribution in [0.2, 0.25) is 0 Å². The molecule has 0 aromatic heterocycles. The van der Waals surface area contributed by atoms with Gasteiger partial charge in [-0.1, -0.05) is 54.6 Å². The van der Waals surface area contributed by atoms with Crippen molar-refractivity contribution >= 4 is 17.4 Å². The first-order chi connectivity index (χ1) is 20.2. The van der Waals surface area contributed by atoms with Gasteiger partial charge in [0.2, 0.25) is 5.91 Å². The smallest absolute Gasteiger partial charge is 0.251 e. The Hall–Kier alpha value is -4.04. The number of nitrogens with zero attached hydrogens (tertiary/aromatic N) is 2. The van der Waals surface area contributed by atoms with Gasteiger partial charge in [-0.15, -0.1) is 0 Å². The van der Waals surface area contributed by atoms with Crippen LogP contribution in [0.5, 0.6) is 5.75 Å². The molecule has 1 unspecified atom stereocenters. The summed E-state index contributed by atoms with van der Waals surface area (Å²) in [4.78, 5) is 29.9. The van der Waals surface area contributed by atoms with Crippen LogP contribution >= 0.6 is 0 Å². The predicted molar refractivity (Wildman–Crippen MR) is 159 cm³/mol. The summed E-state index contributed by atoms with van der Waals surface area (Å²) in [6, 6.07) is 21.0. The quantitative estimate of drug-likeness (QED) is 0.391. The van der Waals surface area contributed by atoms with Gasteiger partial charge in [-0.2, -0.15) is 0 Å². The van der Waals surface area contributed by atoms with Crippen LogP contribution in [0.1, 0.15) is 37.0 Å². The van der Waals surface area contributed by atoms with E-state index in [-0.39, 0.29) is 29.6 Å². The average molecular weight is 574 g/mol. The predicted octanol–water partition coefficient (Wildman–Crippen LogP) is 5.02. The number of rotatable bonds is 9. The number of nitrogens with one attached hydrogen (secondary N) is 1. The Balaban J connectivity index is 1.41. The molecule has 1 N–H and O–H groups in total. The third-order valence-electron chi connectivity index (χ3n) is 8.03. The van der Waals surface area contributed by atoms with E-state index in [0.29, 0.717) is 38.0 Å². The van der Waals surface area contributed by atoms with Crippen molar-refractivity contribution in [2.75, 3.05) is 26.7 Å². The molecular weight excluding hydrogens is 536 g/mol. The van der Waals surface area contributed by atoms with Gasteiger partial charge >= 0.3 is 0 Å². The highest BCUT2D eigenvalue weighted by molar-refractivity contribution is 6.03. The first kappa shape index (κ1) is 29.5. The van der Waals surface area contributed by atoms with Crippen LogP contribution < -0.4 is 10.1 Å². The molecule has 0 radical (unpaired) electrons. The molecule has 5 rings (SSSR count). The topological polar surface area (TPSA) is 61.9 Å². The largest absolute Gasteiger partial charge is 0.487 e. The van der Waals surface area contributed by atoms with Gasteiger partial charge in [-0.3, -0.25) is 9.59 Å². The number of hydrogen-bond acceptors (Lipinski definition) is 4. The Morgan fingerprint density at radius 2 is 1.79 bits per heavy atom. The van der Waals surface area contributed by atoms with Gasteiger partial charge in [-0.25, -0.2) is 8.78 Å². The van der Waals surface area contributed by atoms with E-state index < -0.39 is 17.7 Å². The molecule has 3 aromatic carbocycles. The number of carbonyl (C=O) groups excluding carboxylic acids is 2. The third-order valence-corrected chi connectivity index (χ3v) is 8.03. The van der Waals surface area contributed by atoms with Crippen molar-refractivity contribution in [1.29, 1.82) is 0 Å². The molecule has 3 aromatic rings. The molecule has 2 aliphatic rings. The van der Waals surface area contributed by atoms with Gasteiger partial charge in [0.05, 0.1) is 6.04 Å². The lowest BCUT2D eigenvalue weighted by Crippen LogP contribution is -2.61. The fourth-order valence-electron chi connectivity index (χ4n) is 5.92. The van der Waals surface area contributed by atoms with E-state index in [1.54, 1.807) is 11.8 Å². The Morgan fingerprint density at radius 3 is 2.55 bits per heavy atom. The number of halogens is 2. The lowest BCUT2D eigenvalue weighted by molar-refractivity contribution is -0.132. The van der Waals surface area contributed by atoms with E-state index in [4.69, 9.17) is 4.74 Å². The molecule has 2 heterocycles. The normalized spacial score (nSPS) is 18.9. The van der Waals surface area contributed by atoms with Crippen molar-refractivity contribution in [3.8, 4) is 5.75 Å². The molecule has 2 amide bonds. The molecule has 0 aliphatic carbocycles. The molecule has 1 saturated heterocycles. The van der Waals surface area contributed by atoms with Gasteiger partial charge in [0.15, 0.2) is 11.6 Å². The molecule has 0 spiro atoms. The number of amides is 2. The summed E-state index contributed by atoms with van der Waals surface area (Å²) in [7, 11) is 1.83. The zero-order chi connectivity index (χ0) is 29.8. The second-order valence-corrected chi connectivity index (χ2v) is 11.3. The standard InChI is InChI=1S/C34H37F2N3O3/c1-22(42-32-18-27(35)12-13-30(32)36)16-25-10-7-11-26(17-25)29-19-28-20-39(23(2)40)21-31(37-28)33(29)34(41)38(3)15-14-24-8-5-4-6-9-24/h4-13,17-18,22,28,31,37H,14-16,19-21H2,1-3H3/t22?,28-,31-/m1/s1. The van der Waals surface area contributed by atoms with Crippen molar-refractivity contribution in [3.05, 3.63) is 107 Å². The number of likely N-dealkylation sites (N-methyl/N-ethyl adjacent to an activating group) is 1. The van der Waals surface area contributed by atoms with Crippen LogP contribution in [0.3, 0.4) is 0 Å². The van der Waals surface area contributed by atoms with E-state index in [1.165, 1.54) is 0 Å². The molecule has 0 saturated carbocycles. The Labute approximate surface area is 246 Å². The zero-order valence-corrected chi connectivity index (χ0v) is 24.3. The lowest BCUT2D eigenvalue weighted by atomic mass is 9.82. The monoisotopic (exact) mass is 573 g/mol. The second kappa shape index (κ2) is 12.9. The number of hydrogen-bond donors (Lipinski definition) is 1. The first-order valence-corrected chi connectivity index (χ1v) is 14.4. The summed E-state index contributed by atoms with van der Waals surface area (Å²) in [5.41, 5.74) is 4.74. The fourth-order valence-corrected chi connectivity index (χ4v) is 5.92. The molecule has 42 heavy (non-hydrogen) atoms. The Bertz CT molecular complexity index is 1480. The minimum Gasteiger partial charge on any atom is -0.487 e. The van der Waals surface area contributed by atoms with Crippen LogP contribution in [-0.2, 0) is 22.4 Å². The van der Waals surface area contributed by atoms with Gasteiger partial charge in [-0.05, 0) is 54.2 Å². The van der Waals surface area contributed by atoms with Crippen LogP contribution in [0.4, 0.5) is 8.78 Å². The van der Waals surface area contributed by atoms with E-state index >= 15 is 0 Å². The minimum absolute atomic E-state index is 0.00454. The van der Waals surface area contributed by atoms with Gasteiger partial charge in [0.1, 0.15) is 11.9 Å². The summed E-state index contributed by atoms with van der Waals surface area (Å²) in [5, 5.41) is 3.60. The van der Waals surface area contributed by atoms with Crippen LogP contribution in [-0.4, -0.2) is 66.5 Å². The van der Waals surface area contributed by atoms with E-state index in [0.717, 1.165) is 46.9 Å². The van der Waals surface area contributed by atoms with Crippen molar-refractivity contribution < 1.29 is 23.1 Å². The summed E-state index contributed by atoms with van der Waals surface area (Å²) >= 11 is 0. The fraction of sp³-hybridized carbons (Fsp3) is 0.353. The number of fused-ring (bicyclic) bond motifs is 2. The summed E-state index contributed by atoms with van der Waals surface area (Å²) in [6.07, 6.45) is 1.41. The van der Waals surface area contributed by atoms with Crippen LogP contribution in [0.25, 0.3) is 5.57 Å². The zero-order valence-electron chi connectivity index (χ0n) is 24.3. The van der Waals surface area contributed by atoms with Crippen molar-refractivity contribution in [2.45, 2.75) is 51.3 Å². The molecular formula is C34H37F2N3O3. The highest BCUT2D eigenvalue weighted by Crippen LogP contribution is 2.34. The van der Waals surface area contributed by atoms with Gasteiger partial charge < -0.3 is 19.9 Å². The number of carbonyl (C=O) groups is 2. The maximum atomic E-state index is 14.1. The van der Waals surface area contributed by atoms with E-state index in [2.05, 4.69) is 23.5 Å². The van der Waals surface area contributed by atoms with Crippen molar-refractivity contribution in [2.24, 2.45) is 0 Å². The molecule has 1 fully saturated rings. The number of benzene rings is 3. The van der Waals surface area contributed by atoms with Gasteiger partial charge in [0, 0.05) is 57.7 Å². The van der Waals surface area contributed by atoms with E-state index in [1.807, 2.05) is 55.3 Å². The second-order valence-electron chi connectivity index (χ2n) is 11.3. The average Bonchev–Trinajstić information content (AvgIpc) is 2.97. The summed E-state index contributed by atoms with van der Waals surface area (Å²) in [6.45, 7) is 4.98. The van der Waals surface area contributed by atoms with Crippen LogP contribution in [0.15, 0.2) is 78.4 Å². The Kier molecular flexibility index (Phi) is 9.02. The summed E-state index contributed by atoms with van der Waals surface area (Å²) < 4.78 is 33.5.